The SMILES string of the molecule is CC[C@@H]1C[C@]1(NC(=O)C1CC(Oc2nccc3ccccc23)CN1C(=O)[C@@H](NC(=O)OC1CCCC1)C(C)(C)C)C(=O)NS(=O)(=O)OC1CC1. The van der Waals surface area contributed by atoms with Crippen molar-refractivity contribution in [2.24, 2.45) is 11.3 Å². The molecule has 0 bridgehead atoms. The van der Waals surface area contributed by atoms with Crippen LogP contribution in [0.1, 0.15) is 85.5 Å². The average Bonchev–Trinajstić information content (AvgIpc) is 3.89. The highest BCUT2D eigenvalue weighted by atomic mass is 32.2. The van der Waals surface area contributed by atoms with Gasteiger partial charge < -0.3 is 25.0 Å². The maximum absolute atomic E-state index is 14.5. The number of rotatable bonds is 12. The zero-order valence-corrected chi connectivity index (χ0v) is 29.8. The second-order valence-corrected chi connectivity index (χ2v) is 16.3. The fourth-order valence-corrected chi connectivity index (χ4v) is 8.04. The smallest absolute Gasteiger partial charge is 0.408 e. The van der Waals surface area contributed by atoms with Crippen LogP contribution >= 0.6 is 0 Å². The van der Waals surface area contributed by atoms with Crippen molar-refractivity contribution in [3.05, 3.63) is 36.5 Å². The first-order valence-corrected chi connectivity index (χ1v) is 19.0. The Kier molecular flexibility index (Phi) is 10.0. The number of ether oxygens (including phenoxy) is 2. The molecule has 1 saturated heterocycles. The minimum Gasteiger partial charge on any atom is -0.472 e. The van der Waals surface area contributed by atoms with E-state index in [1.54, 1.807) is 6.20 Å². The second-order valence-electron chi connectivity index (χ2n) is 15.0. The van der Waals surface area contributed by atoms with Crippen molar-refractivity contribution in [3.8, 4) is 5.88 Å². The van der Waals surface area contributed by atoms with E-state index in [1.165, 1.54) is 4.90 Å². The predicted molar refractivity (Wildman–Crippen MR) is 182 cm³/mol. The van der Waals surface area contributed by atoms with E-state index in [9.17, 15) is 27.6 Å². The van der Waals surface area contributed by atoms with Crippen LogP contribution in [0.4, 0.5) is 4.79 Å². The van der Waals surface area contributed by atoms with Crippen molar-refractivity contribution in [1.82, 2.24) is 25.2 Å². The summed E-state index contributed by atoms with van der Waals surface area (Å²) in [7, 11) is -4.38. The molecule has 4 fully saturated rings. The summed E-state index contributed by atoms with van der Waals surface area (Å²) in [6.07, 6.45) is 4.99. The molecular weight excluding hydrogens is 666 g/mol. The Labute approximate surface area is 292 Å². The van der Waals surface area contributed by atoms with E-state index in [1.807, 2.05) is 62.7 Å². The molecule has 1 aromatic heterocycles. The molecule has 15 heteroatoms. The molecule has 3 saturated carbocycles. The van der Waals surface area contributed by atoms with Crippen LogP contribution in [-0.4, -0.2) is 84.6 Å². The van der Waals surface area contributed by atoms with E-state index in [0.29, 0.717) is 25.1 Å². The minimum absolute atomic E-state index is 0.00619. The molecule has 5 atom stereocenters. The van der Waals surface area contributed by atoms with Gasteiger partial charge in [0.2, 0.25) is 17.7 Å². The van der Waals surface area contributed by atoms with Gasteiger partial charge in [-0.25, -0.2) is 14.5 Å². The molecule has 1 aromatic carbocycles. The third-order valence-electron chi connectivity index (χ3n) is 10.1. The highest BCUT2D eigenvalue weighted by Crippen LogP contribution is 2.46. The van der Waals surface area contributed by atoms with Gasteiger partial charge in [-0.15, -0.1) is 0 Å². The van der Waals surface area contributed by atoms with Crippen LogP contribution in [-0.2, 0) is 33.6 Å². The van der Waals surface area contributed by atoms with Gasteiger partial charge in [-0.2, -0.15) is 8.42 Å². The standard InChI is InChI=1S/C35H47N5O9S/c1-5-22-19-35(22,32(43)39-50(45,46)49-24-14-15-24)38-29(41)27-18-25(47-30-26-13-9-6-10-21(26)16-17-36-30)20-40(27)31(42)28(34(2,3)4)37-33(44)48-23-11-7-8-12-23/h6,9-10,13,16-17,22-25,27-28H,5,7-8,11-12,14-15,18-20H2,1-4H3,(H,37,44)(H,38,41)(H,39,43)/t22-,25?,27?,28-,35-/m1/s1. The number of alkyl carbamates (subject to hydrolysis) is 1. The molecule has 6 rings (SSSR count). The fourth-order valence-electron chi connectivity index (χ4n) is 7.03. The number of hydrogen-bond donors (Lipinski definition) is 3. The molecule has 0 radical (unpaired) electrons. The van der Waals surface area contributed by atoms with E-state index < -0.39 is 69.4 Å². The summed E-state index contributed by atoms with van der Waals surface area (Å²) in [6.45, 7) is 7.27. The van der Waals surface area contributed by atoms with Gasteiger partial charge in [0.15, 0.2) is 0 Å². The summed E-state index contributed by atoms with van der Waals surface area (Å²) in [6, 6.07) is 7.24. The van der Waals surface area contributed by atoms with Crippen LogP contribution in [0.3, 0.4) is 0 Å². The lowest BCUT2D eigenvalue weighted by Gasteiger charge is -2.35. The lowest BCUT2D eigenvalue weighted by molar-refractivity contribution is -0.143. The Hall–Kier alpha value is -3.98. The number of likely N-dealkylation sites (tertiary alicyclic amines) is 1. The molecule has 4 aliphatic rings. The van der Waals surface area contributed by atoms with Gasteiger partial charge in [-0.1, -0.05) is 52.3 Å². The largest absolute Gasteiger partial charge is 0.472 e. The second kappa shape index (κ2) is 14.0. The number of aromatic nitrogens is 1. The molecule has 2 heterocycles. The Balaban J connectivity index is 1.25. The Morgan fingerprint density at radius 2 is 1.74 bits per heavy atom. The maximum atomic E-state index is 14.5. The van der Waals surface area contributed by atoms with Crippen molar-refractivity contribution in [2.75, 3.05) is 6.54 Å². The summed E-state index contributed by atoms with van der Waals surface area (Å²) >= 11 is 0. The van der Waals surface area contributed by atoms with Gasteiger partial charge in [0, 0.05) is 18.0 Å². The Bertz CT molecular complexity index is 1730. The van der Waals surface area contributed by atoms with Crippen molar-refractivity contribution < 1.29 is 41.3 Å². The number of nitrogens with zero attached hydrogens (tertiary/aromatic N) is 2. The van der Waals surface area contributed by atoms with Crippen molar-refractivity contribution in [1.29, 1.82) is 0 Å². The lowest BCUT2D eigenvalue weighted by Crippen LogP contribution is -2.60. The molecular formula is C35H47N5O9S. The first-order chi connectivity index (χ1) is 23.7. The van der Waals surface area contributed by atoms with E-state index in [4.69, 9.17) is 13.7 Å². The highest BCUT2D eigenvalue weighted by Gasteiger charge is 2.62. The van der Waals surface area contributed by atoms with Crippen molar-refractivity contribution in [3.63, 3.8) is 0 Å². The topological polar surface area (TPSA) is 182 Å². The fraction of sp³-hybridized carbons (Fsp3) is 0.629. The summed E-state index contributed by atoms with van der Waals surface area (Å²) in [5.74, 6) is -2.01. The Morgan fingerprint density at radius 3 is 2.40 bits per heavy atom. The predicted octanol–water partition coefficient (Wildman–Crippen LogP) is 3.49. The summed E-state index contributed by atoms with van der Waals surface area (Å²) in [5.41, 5.74) is -2.27. The van der Waals surface area contributed by atoms with Crippen molar-refractivity contribution in [2.45, 2.75) is 121 Å². The zero-order chi connectivity index (χ0) is 35.8. The van der Waals surface area contributed by atoms with Gasteiger partial charge in [0.25, 0.3) is 5.91 Å². The third kappa shape index (κ3) is 7.98. The summed E-state index contributed by atoms with van der Waals surface area (Å²) < 4.78 is 44.0. The summed E-state index contributed by atoms with van der Waals surface area (Å²) in [4.78, 5) is 60.9. The minimum atomic E-state index is -4.38. The molecule has 50 heavy (non-hydrogen) atoms. The van der Waals surface area contributed by atoms with Gasteiger partial charge in [0.05, 0.1) is 12.6 Å². The quantitative estimate of drug-likeness (QED) is 0.295. The van der Waals surface area contributed by atoms with Crippen molar-refractivity contribution >= 4 is 44.9 Å². The molecule has 272 valence electrons. The number of benzene rings is 1. The van der Waals surface area contributed by atoms with E-state index in [0.717, 1.165) is 36.5 Å². The molecule has 4 amide bonds. The zero-order valence-electron chi connectivity index (χ0n) is 29.0. The van der Waals surface area contributed by atoms with E-state index >= 15 is 0 Å². The van der Waals surface area contributed by atoms with Crippen LogP contribution in [0.15, 0.2) is 36.5 Å². The third-order valence-corrected chi connectivity index (χ3v) is 11.0. The normalized spacial score (nSPS) is 25.9. The lowest BCUT2D eigenvalue weighted by atomic mass is 9.85. The van der Waals surface area contributed by atoms with E-state index in [-0.39, 0.29) is 31.4 Å². The molecule has 2 unspecified atom stereocenters. The van der Waals surface area contributed by atoms with Gasteiger partial charge in [-0.05, 0) is 73.8 Å². The number of amides is 4. The van der Waals surface area contributed by atoms with Crippen LogP contribution in [0.2, 0.25) is 0 Å². The number of nitrogens with one attached hydrogen (secondary N) is 3. The molecule has 3 aliphatic carbocycles. The van der Waals surface area contributed by atoms with Crippen LogP contribution < -0.4 is 20.1 Å². The highest BCUT2D eigenvalue weighted by molar-refractivity contribution is 7.85. The molecule has 2 aromatic rings. The number of carbonyl (C=O) groups excluding carboxylic acids is 4. The van der Waals surface area contributed by atoms with Crippen LogP contribution in [0, 0.1) is 11.3 Å². The van der Waals surface area contributed by atoms with Crippen LogP contribution in [0.25, 0.3) is 10.8 Å². The van der Waals surface area contributed by atoms with Crippen LogP contribution in [0.5, 0.6) is 5.88 Å². The first kappa shape index (κ1) is 35.8. The number of pyridine rings is 1. The molecule has 14 nitrogen and oxygen atoms in total. The monoisotopic (exact) mass is 713 g/mol. The van der Waals surface area contributed by atoms with Gasteiger partial charge in [0.1, 0.15) is 29.8 Å². The molecule has 1 aliphatic heterocycles. The Morgan fingerprint density at radius 1 is 1.02 bits per heavy atom. The number of fused-ring (bicyclic) bond motifs is 1. The maximum Gasteiger partial charge on any atom is 0.408 e. The first-order valence-electron chi connectivity index (χ1n) is 17.5. The number of carbonyl (C=O) groups is 4. The molecule has 3 N–H and O–H groups in total. The van der Waals surface area contributed by atoms with Gasteiger partial charge >= 0.3 is 16.4 Å². The summed E-state index contributed by atoms with van der Waals surface area (Å²) in [5, 5.41) is 7.26. The average molecular weight is 714 g/mol. The number of hydrogen-bond acceptors (Lipinski definition) is 10. The van der Waals surface area contributed by atoms with E-state index in [2.05, 4.69) is 15.6 Å². The van der Waals surface area contributed by atoms with Gasteiger partial charge in [-0.3, -0.25) is 18.6 Å². The molecule has 0 spiro atoms.